The molecule has 19 heavy (non-hydrogen) atoms. The van der Waals surface area contributed by atoms with Gasteiger partial charge in [0.1, 0.15) is 11.4 Å². The Kier molecular flexibility index (Phi) is 3.81. The van der Waals surface area contributed by atoms with E-state index in [2.05, 4.69) is 23.8 Å². The van der Waals surface area contributed by atoms with Gasteiger partial charge in [-0.25, -0.2) is 4.98 Å². The fourth-order valence-electron chi connectivity index (χ4n) is 2.85. The van der Waals surface area contributed by atoms with Crippen LogP contribution in [-0.2, 0) is 10.3 Å². The summed E-state index contributed by atoms with van der Waals surface area (Å²) in [5, 5.41) is 0. The van der Waals surface area contributed by atoms with Crippen molar-refractivity contribution >= 4 is 0 Å². The van der Waals surface area contributed by atoms with E-state index in [0.29, 0.717) is 17.8 Å². The lowest BCUT2D eigenvalue weighted by Gasteiger charge is -2.42. The Labute approximate surface area is 114 Å². The predicted octanol–water partition coefficient (Wildman–Crippen LogP) is 2.91. The number of nitrogens with one attached hydrogen (secondary N) is 1. The van der Waals surface area contributed by atoms with Crippen molar-refractivity contribution in [3.8, 4) is 0 Å². The molecule has 0 radical (unpaired) electrons. The number of hydrogen-bond acceptors (Lipinski definition) is 3. The van der Waals surface area contributed by atoms with Crippen LogP contribution < -0.4 is 5.56 Å². The van der Waals surface area contributed by atoms with Gasteiger partial charge in [-0.2, -0.15) is 0 Å². The number of aromatic nitrogens is 2. The minimum Gasteiger partial charge on any atom is -0.367 e. The van der Waals surface area contributed by atoms with Crippen LogP contribution in [-0.4, -0.2) is 16.6 Å². The molecule has 0 aliphatic heterocycles. The molecule has 1 aromatic rings. The highest BCUT2D eigenvalue weighted by atomic mass is 16.5. The summed E-state index contributed by atoms with van der Waals surface area (Å²) in [6.45, 7) is 9.06. The van der Waals surface area contributed by atoms with Gasteiger partial charge in [0.15, 0.2) is 0 Å². The number of ether oxygens (including phenoxy) is 1. The second kappa shape index (κ2) is 5.08. The molecular formula is C15H24N2O2. The average Bonchev–Trinajstić information content (AvgIpc) is 2.31. The van der Waals surface area contributed by atoms with Crippen molar-refractivity contribution in [2.24, 2.45) is 5.41 Å². The largest absolute Gasteiger partial charge is 0.367 e. The van der Waals surface area contributed by atoms with Crippen LogP contribution >= 0.6 is 0 Å². The fraction of sp³-hybridized carbons (Fsp3) is 0.733. The third-order valence-electron chi connectivity index (χ3n) is 4.13. The summed E-state index contributed by atoms with van der Waals surface area (Å²) in [5.41, 5.74) is 0.606. The summed E-state index contributed by atoms with van der Waals surface area (Å²) in [7, 11) is 0. The van der Waals surface area contributed by atoms with Gasteiger partial charge in [-0.15, -0.1) is 0 Å². The van der Waals surface area contributed by atoms with Gasteiger partial charge < -0.3 is 9.72 Å². The average molecular weight is 264 g/mol. The number of aromatic amines is 1. The van der Waals surface area contributed by atoms with Crippen LogP contribution in [0.5, 0.6) is 0 Å². The van der Waals surface area contributed by atoms with Gasteiger partial charge in [0, 0.05) is 18.4 Å². The van der Waals surface area contributed by atoms with Crippen molar-refractivity contribution in [1.29, 1.82) is 0 Å². The molecule has 0 saturated heterocycles. The van der Waals surface area contributed by atoms with E-state index in [4.69, 9.17) is 4.74 Å². The first-order valence-corrected chi connectivity index (χ1v) is 7.09. The molecule has 106 valence electrons. The van der Waals surface area contributed by atoms with Crippen molar-refractivity contribution < 1.29 is 4.74 Å². The van der Waals surface area contributed by atoms with E-state index >= 15 is 0 Å². The lowest BCUT2D eigenvalue weighted by molar-refractivity contribution is -0.0950. The van der Waals surface area contributed by atoms with Gasteiger partial charge in [-0.3, -0.25) is 4.79 Å². The lowest BCUT2D eigenvalue weighted by Crippen LogP contribution is -2.40. The first-order chi connectivity index (χ1) is 8.87. The Hall–Kier alpha value is -1.16. The highest BCUT2D eigenvalue weighted by Gasteiger charge is 2.42. The van der Waals surface area contributed by atoms with Gasteiger partial charge in [0.05, 0.1) is 0 Å². The molecular weight excluding hydrogens is 240 g/mol. The van der Waals surface area contributed by atoms with E-state index in [1.54, 1.807) is 0 Å². The standard InChI is InChI=1S/C15H24N2O2/c1-5-19-15(8-6-14(3,4)7-9-15)13-16-11(2)10-12(18)17-13/h10H,5-9H2,1-4H3,(H,16,17,18). The first kappa shape index (κ1) is 14.3. The second-order valence-electron chi connectivity index (χ2n) is 6.33. The molecule has 0 aromatic carbocycles. The molecule has 4 heteroatoms. The summed E-state index contributed by atoms with van der Waals surface area (Å²) in [6, 6.07) is 1.52. The van der Waals surface area contributed by atoms with Gasteiger partial charge in [0.25, 0.3) is 5.56 Å². The molecule has 4 nitrogen and oxygen atoms in total. The molecule has 0 spiro atoms. The van der Waals surface area contributed by atoms with E-state index in [9.17, 15) is 4.79 Å². The summed E-state index contributed by atoms with van der Waals surface area (Å²) in [5.74, 6) is 0.704. The van der Waals surface area contributed by atoms with Crippen LogP contribution in [0.1, 0.15) is 58.0 Å². The molecule has 0 atom stereocenters. The van der Waals surface area contributed by atoms with Gasteiger partial charge in [0.2, 0.25) is 0 Å². The molecule has 1 heterocycles. The number of H-pyrrole nitrogens is 1. The molecule has 0 unspecified atom stereocenters. The maximum atomic E-state index is 11.7. The minimum absolute atomic E-state index is 0.0913. The normalized spacial score (nSPS) is 21.3. The van der Waals surface area contributed by atoms with E-state index in [0.717, 1.165) is 31.4 Å². The van der Waals surface area contributed by atoms with Crippen LogP contribution in [0.15, 0.2) is 10.9 Å². The highest BCUT2D eigenvalue weighted by Crippen LogP contribution is 2.46. The molecule has 1 N–H and O–H groups in total. The molecule has 1 aliphatic rings. The number of hydrogen-bond donors (Lipinski definition) is 1. The lowest BCUT2D eigenvalue weighted by atomic mass is 9.70. The Morgan fingerprint density at radius 2 is 1.95 bits per heavy atom. The van der Waals surface area contributed by atoms with E-state index in [1.165, 1.54) is 6.07 Å². The zero-order valence-corrected chi connectivity index (χ0v) is 12.4. The molecule has 2 rings (SSSR count). The van der Waals surface area contributed by atoms with Crippen molar-refractivity contribution in [1.82, 2.24) is 9.97 Å². The summed E-state index contributed by atoms with van der Waals surface area (Å²) in [4.78, 5) is 19.1. The predicted molar refractivity (Wildman–Crippen MR) is 75.1 cm³/mol. The van der Waals surface area contributed by atoms with E-state index in [-0.39, 0.29) is 5.56 Å². The number of aryl methyl sites for hydroxylation is 1. The van der Waals surface area contributed by atoms with Crippen LogP contribution in [0.3, 0.4) is 0 Å². The summed E-state index contributed by atoms with van der Waals surface area (Å²) in [6.07, 6.45) is 4.01. The maximum absolute atomic E-state index is 11.7. The first-order valence-electron chi connectivity index (χ1n) is 7.09. The molecule has 1 aromatic heterocycles. The number of rotatable bonds is 3. The summed E-state index contributed by atoms with van der Waals surface area (Å²) < 4.78 is 6.03. The molecule has 1 fully saturated rings. The Morgan fingerprint density at radius 3 is 2.47 bits per heavy atom. The fourth-order valence-corrected chi connectivity index (χ4v) is 2.85. The molecule has 1 aliphatic carbocycles. The second-order valence-corrected chi connectivity index (χ2v) is 6.33. The molecule has 1 saturated carbocycles. The zero-order chi connectivity index (χ0) is 14.1. The SMILES string of the molecule is CCOC1(c2nc(C)cc(=O)[nH]2)CCC(C)(C)CC1. The van der Waals surface area contributed by atoms with Crippen LogP contribution in [0.25, 0.3) is 0 Å². The quantitative estimate of drug-likeness (QED) is 0.913. The topological polar surface area (TPSA) is 55.0 Å². The zero-order valence-electron chi connectivity index (χ0n) is 12.4. The van der Waals surface area contributed by atoms with E-state index < -0.39 is 5.60 Å². The highest BCUT2D eigenvalue weighted by molar-refractivity contribution is 5.10. The summed E-state index contributed by atoms with van der Waals surface area (Å²) >= 11 is 0. The van der Waals surface area contributed by atoms with Crippen molar-refractivity contribution in [3.05, 3.63) is 27.9 Å². The monoisotopic (exact) mass is 264 g/mol. The van der Waals surface area contributed by atoms with Gasteiger partial charge >= 0.3 is 0 Å². The third-order valence-corrected chi connectivity index (χ3v) is 4.13. The Balaban J connectivity index is 2.37. The minimum atomic E-state index is -0.407. The van der Waals surface area contributed by atoms with Crippen molar-refractivity contribution in [2.75, 3.05) is 6.61 Å². The van der Waals surface area contributed by atoms with E-state index in [1.807, 2.05) is 13.8 Å². The third kappa shape index (κ3) is 3.06. The van der Waals surface area contributed by atoms with Crippen molar-refractivity contribution in [2.45, 2.75) is 59.0 Å². The Bertz CT molecular complexity index is 495. The Morgan fingerprint density at radius 1 is 1.32 bits per heavy atom. The maximum Gasteiger partial charge on any atom is 0.251 e. The van der Waals surface area contributed by atoms with Crippen LogP contribution in [0.2, 0.25) is 0 Å². The van der Waals surface area contributed by atoms with Gasteiger partial charge in [-0.1, -0.05) is 13.8 Å². The van der Waals surface area contributed by atoms with Gasteiger partial charge in [-0.05, 0) is 44.9 Å². The van der Waals surface area contributed by atoms with Crippen LogP contribution in [0.4, 0.5) is 0 Å². The molecule has 0 amide bonds. The van der Waals surface area contributed by atoms with Crippen LogP contribution in [0, 0.1) is 12.3 Å². The number of nitrogens with zero attached hydrogens (tertiary/aromatic N) is 1. The smallest absolute Gasteiger partial charge is 0.251 e. The van der Waals surface area contributed by atoms with Crippen molar-refractivity contribution in [3.63, 3.8) is 0 Å². The molecule has 0 bridgehead atoms.